The SMILES string of the molecule is CN(CC(=O)Nc1ccc(F)c(F)c1F)C(=O)C=CSc1ccccc1. The molecule has 2 rings (SSSR count). The third-order valence-electron chi connectivity index (χ3n) is 3.22. The minimum atomic E-state index is -1.67. The molecule has 0 fully saturated rings. The Balaban J connectivity index is 1.88. The molecule has 0 aliphatic heterocycles. The molecule has 136 valence electrons. The summed E-state index contributed by atoms with van der Waals surface area (Å²) in [5, 5.41) is 3.69. The smallest absolute Gasteiger partial charge is 0.247 e. The van der Waals surface area contributed by atoms with Gasteiger partial charge >= 0.3 is 0 Å². The predicted molar refractivity (Wildman–Crippen MR) is 94.0 cm³/mol. The van der Waals surface area contributed by atoms with Gasteiger partial charge < -0.3 is 10.2 Å². The average Bonchev–Trinajstić information content (AvgIpc) is 2.63. The van der Waals surface area contributed by atoms with Crippen LogP contribution in [0.5, 0.6) is 0 Å². The third-order valence-corrected chi connectivity index (χ3v) is 4.04. The molecule has 2 amide bonds. The van der Waals surface area contributed by atoms with E-state index in [0.717, 1.165) is 15.9 Å². The van der Waals surface area contributed by atoms with Gasteiger partial charge in [0, 0.05) is 18.0 Å². The van der Waals surface area contributed by atoms with Crippen LogP contribution in [0.3, 0.4) is 0 Å². The van der Waals surface area contributed by atoms with Gasteiger partial charge in [0.25, 0.3) is 0 Å². The van der Waals surface area contributed by atoms with Crippen molar-refractivity contribution in [3.05, 3.63) is 71.4 Å². The lowest BCUT2D eigenvalue weighted by Gasteiger charge is -2.15. The van der Waals surface area contributed by atoms with Crippen molar-refractivity contribution in [2.45, 2.75) is 4.90 Å². The van der Waals surface area contributed by atoms with Gasteiger partial charge in [-0.2, -0.15) is 0 Å². The van der Waals surface area contributed by atoms with Gasteiger partial charge in [0.15, 0.2) is 17.5 Å². The number of nitrogens with one attached hydrogen (secondary N) is 1. The summed E-state index contributed by atoms with van der Waals surface area (Å²) in [6.45, 7) is -0.377. The Kier molecular flexibility index (Phi) is 6.85. The molecular weight excluding hydrogens is 365 g/mol. The molecule has 0 aliphatic rings. The molecule has 2 aromatic rings. The quantitative estimate of drug-likeness (QED) is 0.471. The topological polar surface area (TPSA) is 49.4 Å². The number of anilines is 1. The Morgan fingerprint density at radius 3 is 2.46 bits per heavy atom. The maximum atomic E-state index is 13.5. The van der Waals surface area contributed by atoms with Crippen LogP contribution in [0.15, 0.2) is 58.8 Å². The fourth-order valence-electron chi connectivity index (χ4n) is 1.90. The highest BCUT2D eigenvalue weighted by Gasteiger charge is 2.16. The highest BCUT2D eigenvalue weighted by atomic mass is 32.2. The number of nitrogens with zero attached hydrogens (tertiary/aromatic N) is 1. The number of rotatable bonds is 6. The van der Waals surface area contributed by atoms with E-state index in [1.807, 2.05) is 30.3 Å². The van der Waals surface area contributed by atoms with Crippen LogP contribution >= 0.6 is 11.8 Å². The van der Waals surface area contributed by atoms with E-state index < -0.39 is 35.0 Å². The maximum absolute atomic E-state index is 13.5. The Hall–Kier alpha value is -2.74. The van der Waals surface area contributed by atoms with Crippen molar-refractivity contribution in [2.75, 3.05) is 18.9 Å². The molecule has 0 atom stereocenters. The maximum Gasteiger partial charge on any atom is 0.247 e. The van der Waals surface area contributed by atoms with E-state index in [9.17, 15) is 22.8 Å². The van der Waals surface area contributed by atoms with Crippen molar-refractivity contribution in [1.82, 2.24) is 4.90 Å². The number of benzene rings is 2. The summed E-state index contributed by atoms with van der Waals surface area (Å²) in [7, 11) is 1.39. The second kappa shape index (κ2) is 9.10. The Bertz CT molecular complexity index is 829. The van der Waals surface area contributed by atoms with E-state index in [1.165, 1.54) is 24.9 Å². The summed E-state index contributed by atoms with van der Waals surface area (Å²) in [6, 6.07) is 11.0. The Labute approximate surface area is 152 Å². The minimum absolute atomic E-state index is 0.377. The highest BCUT2D eigenvalue weighted by Crippen LogP contribution is 2.20. The zero-order valence-electron chi connectivity index (χ0n) is 13.7. The summed E-state index contributed by atoms with van der Waals surface area (Å²) in [4.78, 5) is 25.9. The van der Waals surface area contributed by atoms with E-state index in [-0.39, 0.29) is 6.54 Å². The predicted octanol–water partition coefficient (Wildman–Crippen LogP) is 3.81. The first-order chi connectivity index (χ1) is 12.4. The summed E-state index contributed by atoms with van der Waals surface area (Å²) in [6.07, 6.45) is 1.29. The zero-order valence-corrected chi connectivity index (χ0v) is 14.5. The second-order valence-corrected chi connectivity index (χ2v) is 6.18. The number of amides is 2. The van der Waals surface area contributed by atoms with Gasteiger partial charge in [-0.05, 0) is 29.7 Å². The van der Waals surface area contributed by atoms with E-state index in [1.54, 1.807) is 5.41 Å². The molecule has 0 radical (unpaired) electrons. The van der Waals surface area contributed by atoms with Crippen LogP contribution in [0.25, 0.3) is 0 Å². The van der Waals surface area contributed by atoms with Crippen LogP contribution in [-0.4, -0.2) is 30.3 Å². The molecule has 0 aromatic heterocycles. The summed E-state index contributed by atoms with van der Waals surface area (Å²) in [5.74, 6) is -5.70. The standard InChI is InChI=1S/C18H15F3N2O2S/c1-23(16(25)9-10-26-12-5-3-2-4-6-12)11-15(24)22-14-8-7-13(19)17(20)18(14)21/h2-10H,11H2,1H3,(H,22,24). The van der Waals surface area contributed by atoms with E-state index in [0.29, 0.717) is 6.07 Å². The van der Waals surface area contributed by atoms with Crippen molar-refractivity contribution in [3.63, 3.8) is 0 Å². The van der Waals surface area contributed by atoms with Crippen LogP contribution in [0, 0.1) is 17.5 Å². The van der Waals surface area contributed by atoms with Crippen molar-refractivity contribution in [1.29, 1.82) is 0 Å². The number of thioether (sulfide) groups is 1. The lowest BCUT2D eigenvalue weighted by molar-refractivity contribution is -0.129. The largest absolute Gasteiger partial charge is 0.333 e. The summed E-state index contributed by atoms with van der Waals surface area (Å²) >= 11 is 1.34. The van der Waals surface area contributed by atoms with Crippen molar-refractivity contribution >= 4 is 29.3 Å². The first kappa shape index (κ1) is 19.6. The number of hydrogen-bond donors (Lipinski definition) is 1. The normalized spacial score (nSPS) is 10.8. The van der Waals surface area contributed by atoms with Gasteiger partial charge in [0.05, 0.1) is 12.2 Å². The molecule has 4 nitrogen and oxygen atoms in total. The van der Waals surface area contributed by atoms with Crippen molar-refractivity contribution in [2.24, 2.45) is 0 Å². The van der Waals surface area contributed by atoms with Gasteiger partial charge in [0.2, 0.25) is 11.8 Å². The molecule has 1 N–H and O–H groups in total. The van der Waals surface area contributed by atoms with Crippen molar-refractivity contribution in [3.8, 4) is 0 Å². The molecule has 8 heteroatoms. The van der Waals surface area contributed by atoms with Gasteiger partial charge in [-0.3, -0.25) is 9.59 Å². The second-order valence-electron chi connectivity index (χ2n) is 5.20. The molecule has 0 aliphatic carbocycles. The lowest BCUT2D eigenvalue weighted by atomic mass is 10.2. The number of carbonyl (C=O) groups is 2. The van der Waals surface area contributed by atoms with Crippen LogP contribution < -0.4 is 5.32 Å². The molecule has 0 saturated carbocycles. The number of carbonyl (C=O) groups excluding carboxylic acids is 2. The fraction of sp³-hybridized carbons (Fsp3) is 0.111. The molecular formula is C18H15F3N2O2S. The highest BCUT2D eigenvalue weighted by molar-refractivity contribution is 8.02. The van der Waals surface area contributed by atoms with Crippen LogP contribution in [0.2, 0.25) is 0 Å². The molecule has 26 heavy (non-hydrogen) atoms. The Morgan fingerprint density at radius 2 is 1.77 bits per heavy atom. The number of hydrogen-bond acceptors (Lipinski definition) is 3. The van der Waals surface area contributed by atoms with Crippen molar-refractivity contribution < 1.29 is 22.8 Å². The van der Waals surface area contributed by atoms with Gasteiger partial charge in [0.1, 0.15) is 0 Å². The van der Waals surface area contributed by atoms with E-state index >= 15 is 0 Å². The van der Waals surface area contributed by atoms with Gasteiger partial charge in [-0.1, -0.05) is 30.0 Å². The average molecular weight is 380 g/mol. The fourth-order valence-corrected chi connectivity index (χ4v) is 2.56. The molecule has 0 bridgehead atoms. The van der Waals surface area contributed by atoms with Gasteiger partial charge in [-0.25, -0.2) is 13.2 Å². The van der Waals surface area contributed by atoms with Crippen LogP contribution in [-0.2, 0) is 9.59 Å². The van der Waals surface area contributed by atoms with Crippen LogP contribution in [0.4, 0.5) is 18.9 Å². The first-order valence-corrected chi connectivity index (χ1v) is 8.33. The number of likely N-dealkylation sites (N-methyl/N-ethyl adjacent to an activating group) is 1. The van der Waals surface area contributed by atoms with Crippen LogP contribution in [0.1, 0.15) is 0 Å². The summed E-state index contributed by atoms with van der Waals surface area (Å²) in [5.41, 5.74) is -0.495. The molecule has 0 unspecified atom stereocenters. The van der Waals surface area contributed by atoms with Gasteiger partial charge in [-0.15, -0.1) is 0 Å². The zero-order chi connectivity index (χ0) is 19.1. The minimum Gasteiger partial charge on any atom is -0.333 e. The number of halogens is 3. The van der Waals surface area contributed by atoms with E-state index in [2.05, 4.69) is 5.32 Å². The first-order valence-electron chi connectivity index (χ1n) is 7.45. The molecule has 2 aromatic carbocycles. The molecule has 0 saturated heterocycles. The Morgan fingerprint density at radius 1 is 1.08 bits per heavy atom. The molecule has 0 heterocycles. The molecule has 0 spiro atoms. The summed E-state index contributed by atoms with van der Waals surface area (Å²) < 4.78 is 39.5. The monoisotopic (exact) mass is 380 g/mol. The lowest BCUT2D eigenvalue weighted by Crippen LogP contribution is -2.34. The van der Waals surface area contributed by atoms with E-state index in [4.69, 9.17) is 0 Å². The third kappa shape index (κ3) is 5.38.